The topological polar surface area (TPSA) is 46.5 Å². The van der Waals surface area contributed by atoms with Crippen LogP contribution in [0.2, 0.25) is 0 Å². The van der Waals surface area contributed by atoms with Gasteiger partial charge in [0.1, 0.15) is 12.2 Å². The second-order valence-corrected chi connectivity index (χ2v) is 6.38. The van der Waals surface area contributed by atoms with Gasteiger partial charge in [0.05, 0.1) is 6.42 Å². The highest BCUT2D eigenvalue weighted by atomic mass is 19.3. The summed E-state index contributed by atoms with van der Waals surface area (Å²) in [5.41, 5.74) is 0. The van der Waals surface area contributed by atoms with Crippen molar-refractivity contribution < 1.29 is 23.4 Å². The van der Waals surface area contributed by atoms with Gasteiger partial charge in [-0.15, -0.1) is 0 Å². The van der Waals surface area contributed by atoms with Crippen molar-refractivity contribution in [3.63, 3.8) is 0 Å². The van der Waals surface area contributed by atoms with Crippen molar-refractivity contribution in [1.82, 2.24) is 0 Å². The molecule has 21 heavy (non-hydrogen) atoms. The Morgan fingerprint density at radius 1 is 1.52 bits per heavy atom. The standard InChI is InChI=1S/C16H24F2O3/c1-3-4-7-16(17,18)14(19)6-5-11-10(2)8-13-12(11)9-15(20)21-13/h5-6,10-14,19H,3-4,7-9H2,1-2H3/t10-,11+,12-,13+,14+/m1/s1. The minimum absolute atomic E-state index is 0.0260. The molecule has 0 amide bonds. The molecule has 2 aliphatic rings. The highest BCUT2D eigenvalue weighted by Gasteiger charge is 2.47. The number of aliphatic hydroxyl groups excluding tert-OH is 1. The number of ether oxygens (including phenoxy) is 1. The van der Waals surface area contributed by atoms with Gasteiger partial charge in [-0.1, -0.05) is 32.4 Å². The number of hydrogen-bond acceptors (Lipinski definition) is 3. The maximum absolute atomic E-state index is 13.7. The first-order chi connectivity index (χ1) is 9.85. The number of unbranched alkanes of at least 4 members (excludes halogenated alkanes) is 1. The maximum atomic E-state index is 13.7. The molecule has 0 bridgehead atoms. The van der Waals surface area contributed by atoms with Crippen molar-refractivity contribution in [1.29, 1.82) is 0 Å². The summed E-state index contributed by atoms with van der Waals surface area (Å²) in [6.45, 7) is 3.87. The molecule has 0 spiro atoms. The SMILES string of the molecule is CCCCC(F)(F)[C@@H](O)C=C[C@@H]1[C@H]2CC(=O)O[C@H]2C[C@H]1C. The third kappa shape index (κ3) is 3.62. The smallest absolute Gasteiger partial charge is 0.306 e. The Balaban J connectivity index is 1.98. The van der Waals surface area contributed by atoms with Gasteiger partial charge in [0.2, 0.25) is 0 Å². The summed E-state index contributed by atoms with van der Waals surface area (Å²) >= 11 is 0. The van der Waals surface area contributed by atoms with Gasteiger partial charge in [0.15, 0.2) is 0 Å². The molecule has 0 unspecified atom stereocenters. The van der Waals surface area contributed by atoms with Gasteiger partial charge < -0.3 is 9.84 Å². The fourth-order valence-electron chi connectivity index (χ4n) is 3.45. The third-order valence-corrected chi connectivity index (χ3v) is 4.73. The first-order valence-corrected chi connectivity index (χ1v) is 7.79. The van der Waals surface area contributed by atoms with Crippen LogP contribution in [0, 0.1) is 17.8 Å². The molecule has 1 heterocycles. The van der Waals surface area contributed by atoms with Gasteiger partial charge in [-0.2, -0.15) is 0 Å². The average molecular weight is 302 g/mol. The van der Waals surface area contributed by atoms with Crippen molar-refractivity contribution in [2.24, 2.45) is 17.8 Å². The lowest BCUT2D eigenvalue weighted by molar-refractivity contribution is -0.141. The van der Waals surface area contributed by atoms with Gasteiger partial charge in [-0.05, 0) is 24.7 Å². The quantitative estimate of drug-likeness (QED) is 0.605. The van der Waals surface area contributed by atoms with Gasteiger partial charge in [-0.3, -0.25) is 4.79 Å². The molecule has 0 aromatic heterocycles. The van der Waals surface area contributed by atoms with Crippen LogP contribution < -0.4 is 0 Å². The van der Waals surface area contributed by atoms with E-state index in [1.54, 1.807) is 6.08 Å². The number of esters is 1. The summed E-state index contributed by atoms with van der Waals surface area (Å²) in [7, 11) is 0. The zero-order valence-corrected chi connectivity index (χ0v) is 12.6. The van der Waals surface area contributed by atoms with Crippen LogP contribution in [-0.2, 0) is 9.53 Å². The number of rotatable bonds is 6. The molecule has 1 N–H and O–H groups in total. The Morgan fingerprint density at radius 3 is 2.90 bits per heavy atom. The Labute approximate surface area is 124 Å². The van der Waals surface area contributed by atoms with Crippen molar-refractivity contribution in [2.45, 2.75) is 64.1 Å². The van der Waals surface area contributed by atoms with E-state index >= 15 is 0 Å². The van der Waals surface area contributed by atoms with Crippen LogP contribution in [0.3, 0.4) is 0 Å². The number of fused-ring (bicyclic) bond motifs is 1. The second-order valence-electron chi connectivity index (χ2n) is 6.38. The molecule has 120 valence electrons. The Hall–Kier alpha value is -0.970. The van der Waals surface area contributed by atoms with E-state index < -0.39 is 12.0 Å². The predicted octanol–water partition coefficient (Wildman–Crippen LogP) is 3.32. The van der Waals surface area contributed by atoms with Crippen molar-refractivity contribution in [3.8, 4) is 0 Å². The molecule has 2 fully saturated rings. The lowest BCUT2D eigenvalue weighted by Gasteiger charge is -2.21. The number of halogens is 2. The maximum Gasteiger partial charge on any atom is 0.306 e. The molecule has 1 aliphatic heterocycles. The molecule has 5 heteroatoms. The molecule has 0 radical (unpaired) electrons. The van der Waals surface area contributed by atoms with E-state index in [0.29, 0.717) is 19.3 Å². The van der Waals surface area contributed by atoms with Gasteiger partial charge >= 0.3 is 5.97 Å². The van der Waals surface area contributed by atoms with Gasteiger partial charge in [0, 0.05) is 12.3 Å². The molecular formula is C16H24F2O3. The van der Waals surface area contributed by atoms with E-state index in [9.17, 15) is 18.7 Å². The molecule has 1 aliphatic carbocycles. The van der Waals surface area contributed by atoms with Gasteiger partial charge in [0.25, 0.3) is 5.92 Å². The van der Waals surface area contributed by atoms with Crippen molar-refractivity contribution in [3.05, 3.63) is 12.2 Å². The van der Waals surface area contributed by atoms with Gasteiger partial charge in [-0.25, -0.2) is 8.78 Å². The monoisotopic (exact) mass is 302 g/mol. The van der Waals surface area contributed by atoms with E-state index in [1.807, 2.05) is 13.8 Å². The van der Waals surface area contributed by atoms with Crippen LogP contribution in [0.1, 0.15) is 46.0 Å². The molecule has 5 atom stereocenters. The second kappa shape index (κ2) is 6.42. The van der Waals surface area contributed by atoms with Crippen LogP contribution >= 0.6 is 0 Å². The molecule has 0 aromatic rings. The fraction of sp³-hybridized carbons (Fsp3) is 0.812. The lowest BCUT2D eigenvalue weighted by atomic mass is 9.87. The number of hydrogen-bond donors (Lipinski definition) is 1. The molecule has 0 aromatic carbocycles. The summed E-state index contributed by atoms with van der Waals surface area (Å²) in [5.74, 6) is -2.92. The summed E-state index contributed by atoms with van der Waals surface area (Å²) in [5, 5.41) is 9.71. The third-order valence-electron chi connectivity index (χ3n) is 4.73. The van der Waals surface area contributed by atoms with Crippen molar-refractivity contribution in [2.75, 3.05) is 0 Å². The van der Waals surface area contributed by atoms with E-state index in [0.717, 1.165) is 6.42 Å². The largest absolute Gasteiger partial charge is 0.462 e. The van der Waals surface area contributed by atoms with Crippen LogP contribution in [0.25, 0.3) is 0 Å². The van der Waals surface area contributed by atoms with Crippen LogP contribution in [0.5, 0.6) is 0 Å². The molecule has 2 rings (SSSR count). The normalized spacial score (nSPS) is 34.2. The van der Waals surface area contributed by atoms with E-state index in [4.69, 9.17) is 4.74 Å². The van der Waals surface area contributed by atoms with Crippen LogP contribution in [0.15, 0.2) is 12.2 Å². The predicted molar refractivity (Wildman–Crippen MR) is 74.9 cm³/mol. The van der Waals surface area contributed by atoms with E-state index in [1.165, 1.54) is 6.08 Å². The first kappa shape index (κ1) is 16.4. The average Bonchev–Trinajstić information content (AvgIpc) is 2.89. The minimum atomic E-state index is -3.09. The highest BCUT2D eigenvalue weighted by molar-refractivity contribution is 5.72. The summed E-state index contributed by atoms with van der Waals surface area (Å²) in [4.78, 5) is 11.3. The molecule has 1 saturated heterocycles. The number of allylic oxidation sites excluding steroid dienone is 1. The number of alkyl halides is 2. The number of carbonyl (C=O) groups is 1. The van der Waals surface area contributed by atoms with Crippen molar-refractivity contribution >= 4 is 5.97 Å². The fourth-order valence-corrected chi connectivity index (χ4v) is 3.45. The Kier molecular flexibility index (Phi) is 5.02. The number of carbonyl (C=O) groups excluding carboxylic acids is 1. The first-order valence-electron chi connectivity index (χ1n) is 7.79. The highest BCUT2D eigenvalue weighted by Crippen LogP contribution is 2.45. The molecular weight excluding hydrogens is 278 g/mol. The Morgan fingerprint density at radius 2 is 2.24 bits per heavy atom. The molecule has 3 nitrogen and oxygen atoms in total. The summed E-state index contributed by atoms with van der Waals surface area (Å²) in [6, 6.07) is 0. The Bertz CT molecular complexity index is 408. The minimum Gasteiger partial charge on any atom is -0.462 e. The van der Waals surface area contributed by atoms with Crippen LogP contribution in [-0.4, -0.2) is 29.2 Å². The number of aliphatic hydroxyl groups is 1. The summed E-state index contributed by atoms with van der Waals surface area (Å²) in [6.07, 6.45) is 2.93. The van der Waals surface area contributed by atoms with E-state index in [-0.39, 0.29) is 36.2 Å². The lowest BCUT2D eigenvalue weighted by Crippen LogP contribution is -2.32. The van der Waals surface area contributed by atoms with Crippen LogP contribution in [0.4, 0.5) is 8.78 Å². The zero-order valence-electron chi connectivity index (χ0n) is 12.6. The van der Waals surface area contributed by atoms with E-state index in [2.05, 4.69) is 0 Å². The zero-order chi connectivity index (χ0) is 15.6. The summed E-state index contributed by atoms with van der Waals surface area (Å²) < 4.78 is 32.7. The molecule has 1 saturated carbocycles.